The van der Waals surface area contributed by atoms with Gasteiger partial charge >= 0.3 is 5.97 Å². The Hall–Kier alpha value is -1.98. The molecule has 0 aliphatic heterocycles. The predicted octanol–water partition coefficient (Wildman–Crippen LogP) is 1.89. The third kappa shape index (κ3) is 4.00. The Labute approximate surface area is 124 Å². The first-order valence-electron chi connectivity index (χ1n) is 7.25. The van der Waals surface area contributed by atoms with E-state index in [1.807, 2.05) is 13.8 Å². The van der Waals surface area contributed by atoms with E-state index in [9.17, 15) is 14.7 Å². The average Bonchev–Trinajstić information content (AvgIpc) is 3.21. The highest BCUT2D eigenvalue weighted by Crippen LogP contribution is 2.40. The van der Waals surface area contributed by atoms with Gasteiger partial charge in [0.1, 0.15) is 11.9 Å². The van der Waals surface area contributed by atoms with Crippen molar-refractivity contribution >= 4 is 11.9 Å². The van der Waals surface area contributed by atoms with E-state index in [1.54, 1.807) is 6.92 Å². The Morgan fingerprint density at radius 3 is 2.62 bits per heavy atom. The van der Waals surface area contributed by atoms with Gasteiger partial charge in [-0.15, -0.1) is 0 Å². The first-order valence-corrected chi connectivity index (χ1v) is 7.25. The number of carbonyl (C=O) groups excluding carboxylic acids is 1. The lowest BCUT2D eigenvalue weighted by Gasteiger charge is -2.17. The molecule has 1 amide bonds. The number of aromatic nitrogens is 2. The predicted molar refractivity (Wildman–Crippen MR) is 77.1 cm³/mol. The summed E-state index contributed by atoms with van der Waals surface area (Å²) >= 11 is 0. The number of aliphatic carboxylic acids is 1. The lowest BCUT2D eigenvalue weighted by Crippen LogP contribution is -2.42. The largest absolute Gasteiger partial charge is 0.480 e. The number of nitrogens with one attached hydrogen (secondary N) is 1. The maximum atomic E-state index is 12.4. The van der Waals surface area contributed by atoms with Crippen molar-refractivity contribution < 1.29 is 14.7 Å². The first kappa shape index (κ1) is 15.4. The van der Waals surface area contributed by atoms with Crippen LogP contribution in [-0.4, -0.2) is 33.0 Å². The van der Waals surface area contributed by atoms with Crippen LogP contribution in [0.5, 0.6) is 0 Å². The van der Waals surface area contributed by atoms with E-state index in [4.69, 9.17) is 0 Å². The van der Waals surface area contributed by atoms with Crippen LogP contribution in [0.3, 0.4) is 0 Å². The highest BCUT2D eigenvalue weighted by molar-refractivity contribution is 5.97. The number of carbonyl (C=O) groups is 2. The molecule has 1 fully saturated rings. The van der Waals surface area contributed by atoms with Gasteiger partial charge in [-0.25, -0.2) is 14.8 Å². The molecule has 0 spiro atoms. The van der Waals surface area contributed by atoms with Crippen LogP contribution in [0.15, 0.2) is 6.20 Å². The molecular weight excluding hydrogens is 270 g/mol. The molecule has 0 aromatic carbocycles. The summed E-state index contributed by atoms with van der Waals surface area (Å²) in [6.07, 6.45) is 3.93. The quantitative estimate of drug-likeness (QED) is 0.835. The zero-order valence-corrected chi connectivity index (χ0v) is 12.6. The van der Waals surface area contributed by atoms with E-state index in [-0.39, 0.29) is 5.92 Å². The Morgan fingerprint density at radius 2 is 2.10 bits per heavy atom. The second-order valence-electron chi connectivity index (χ2n) is 5.98. The summed E-state index contributed by atoms with van der Waals surface area (Å²) < 4.78 is 0. The van der Waals surface area contributed by atoms with Crippen molar-refractivity contribution in [3.05, 3.63) is 23.3 Å². The number of nitrogens with zero attached hydrogens (tertiary/aromatic N) is 2. The lowest BCUT2D eigenvalue weighted by atomic mass is 10.0. The SMILES string of the molecule is Cc1ncc(C(=O)N[C@H](CC(C)C)C(=O)O)c(C2CC2)n1. The normalized spacial score (nSPS) is 15.8. The zero-order valence-electron chi connectivity index (χ0n) is 12.6. The molecule has 114 valence electrons. The summed E-state index contributed by atoms with van der Waals surface area (Å²) in [5, 5.41) is 11.8. The van der Waals surface area contributed by atoms with E-state index in [0.29, 0.717) is 23.7 Å². The smallest absolute Gasteiger partial charge is 0.326 e. The Balaban J connectivity index is 2.17. The molecule has 1 aliphatic carbocycles. The summed E-state index contributed by atoms with van der Waals surface area (Å²) in [5.74, 6) is -0.294. The van der Waals surface area contributed by atoms with E-state index in [1.165, 1.54) is 6.20 Å². The summed E-state index contributed by atoms with van der Waals surface area (Å²) in [5.41, 5.74) is 1.15. The van der Waals surface area contributed by atoms with Gasteiger partial charge in [-0.3, -0.25) is 4.79 Å². The van der Waals surface area contributed by atoms with Crippen LogP contribution >= 0.6 is 0 Å². The molecule has 1 saturated carbocycles. The van der Waals surface area contributed by atoms with Crippen molar-refractivity contribution in [2.45, 2.75) is 52.0 Å². The summed E-state index contributed by atoms with van der Waals surface area (Å²) in [6.45, 7) is 5.63. The second-order valence-corrected chi connectivity index (χ2v) is 5.98. The van der Waals surface area contributed by atoms with E-state index >= 15 is 0 Å². The van der Waals surface area contributed by atoms with Gasteiger partial charge in [0.25, 0.3) is 5.91 Å². The third-order valence-corrected chi connectivity index (χ3v) is 3.46. The van der Waals surface area contributed by atoms with Gasteiger partial charge in [0.2, 0.25) is 0 Å². The van der Waals surface area contributed by atoms with Crippen LogP contribution in [0.25, 0.3) is 0 Å². The van der Waals surface area contributed by atoms with Gasteiger partial charge in [0, 0.05) is 12.1 Å². The Kier molecular flexibility index (Phi) is 4.55. The number of hydrogen-bond acceptors (Lipinski definition) is 4. The summed E-state index contributed by atoms with van der Waals surface area (Å²) in [4.78, 5) is 32.0. The third-order valence-electron chi connectivity index (χ3n) is 3.46. The number of hydrogen-bond donors (Lipinski definition) is 2. The number of amides is 1. The number of aryl methyl sites for hydroxylation is 1. The fraction of sp³-hybridized carbons (Fsp3) is 0.600. The van der Waals surface area contributed by atoms with Crippen LogP contribution < -0.4 is 5.32 Å². The Bertz CT molecular complexity index is 553. The van der Waals surface area contributed by atoms with E-state index in [2.05, 4.69) is 15.3 Å². The first-order chi connectivity index (χ1) is 9.88. The molecule has 6 heteroatoms. The van der Waals surface area contributed by atoms with Crippen LogP contribution in [0.1, 0.15) is 60.9 Å². The standard InChI is InChI=1S/C15H21N3O3/c1-8(2)6-12(15(20)21)18-14(19)11-7-16-9(3)17-13(11)10-4-5-10/h7-8,10,12H,4-6H2,1-3H3,(H,18,19)(H,20,21)/t12-/m1/s1. The molecule has 2 N–H and O–H groups in total. The number of carboxylic acid groups (broad SMARTS) is 1. The van der Waals surface area contributed by atoms with Crippen molar-refractivity contribution in [2.24, 2.45) is 5.92 Å². The number of carboxylic acids is 1. The van der Waals surface area contributed by atoms with Gasteiger partial charge in [-0.2, -0.15) is 0 Å². The van der Waals surface area contributed by atoms with Crippen LogP contribution in [-0.2, 0) is 4.79 Å². The van der Waals surface area contributed by atoms with Gasteiger partial charge in [-0.05, 0) is 32.1 Å². The maximum Gasteiger partial charge on any atom is 0.326 e. The van der Waals surface area contributed by atoms with Crippen molar-refractivity contribution in [3.63, 3.8) is 0 Å². The highest BCUT2D eigenvalue weighted by atomic mass is 16.4. The van der Waals surface area contributed by atoms with Gasteiger partial charge in [-0.1, -0.05) is 13.8 Å². The molecule has 21 heavy (non-hydrogen) atoms. The van der Waals surface area contributed by atoms with Crippen LogP contribution in [0, 0.1) is 12.8 Å². The van der Waals surface area contributed by atoms with E-state index in [0.717, 1.165) is 18.5 Å². The monoisotopic (exact) mass is 291 g/mol. The molecule has 1 atom stereocenters. The highest BCUT2D eigenvalue weighted by Gasteiger charge is 2.31. The average molecular weight is 291 g/mol. The molecule has 1 aromatic rings. The maximum absolute atomic E-state index is 12.4. The molecule has 0 unspecified atom stereocenters. The molecule has 1 aromatic heterocycles. The van der Waals surface area contributed by atoms with Crippen molar-refractivity contribution in [1.82, 2.24) is 15.3 Å². The van der Waals surface area contributed by atoms with Crippen LogP contribution in [0.4, 0.5) is 0 Å². The van der Waals surface area contributed by atoms with Crippen molar-refractivity contribution in [3.8, 4) is 0 Å². The molecule has 0 bridgehead atoms. The Morgan fingerprint density at radius 1 is 1.43 bits per heavy atom. The zero-order chi connectivity index (χ0) is 15.6. The van der Waals surface area contributed by atoms with E-state index < -0.39 is 17.9 Å². The van der Waals surface area contributed by atoms with Crippen molar-refractivity contribution in [2.75, 3.05) is 0 Å². The minimum Gasteiger partial charge on any atom is -0.480 e. The summed E-state index contributed by atoms with van der Waals surface area (Å²) in [7, 11) is 0. The minimum atomic E-state index is -1.02. The molecule has 1 heterocycles. The second kappa shape index (κ2) is 6.20. The van der Waals surface area contributed by atoms with Gasteiger partial charge in [0.15, 0.2) is 0 Å². The molecule has 6 nitrogen and oxygen atoms in total. The molecular formula is C15H21N3O3. The van der Waals surface area contributed by atoms with Crippen molar-refractivity contribution in [1.29, 1.82) is 0 Å². The minimum absolute atomic E-state index is 0.184. The van der Waals surface area contributed by atoms with Crippen LogP contribution in [0.2, 0.25) is 0 Å². The fourth-order valence-electron chi connectivity index (χ4n) is 2.26. The molecule has 2 rings (SSSR count). The topological polar surface area (TPSA) is 92.2 Å². The number of rotatable bonds is 6. The lowest BCUT2D eigenvalue weighted by molar-refractivity contribution is -0.139. The molecule has 1 aliphatic rings. The molecule has 0 saturated heterocycles. The fourth-order valence-corrected chi connectivity index (χ4v) is 2.26. The molecule has 0 radical (unpaired) electrons. The summed E-state index contributed by atoms with van der Waals surface area (Å²) in [6, 6.07) is -0.883. The van der Waals surface area contributed by atoms with Gasteiger partial charge in [0.05, 0.1) is 11.3 Å². The van der Waals surface area contributed by atoms with Gasteiger partial charge < -0.3 is 10.4 Å².